The molecule has 2 heteroatoms. The third-order valence-corrected chi connectivity index (χ3v) is 4.56. The van der Waals surface area contributed by atoms with E-state index in [4.69, 9.17) is 0 Å². The van der Waals surface area contributed by atoms with Crippen LogP contribution in [0.25, 0.3) is 0 Å². The maximum Gasteiger partial charge on any atom is 0.0613 e. The normalized spacial score (nSPS) is 26.9. The third kappa shape index (κ3) is 4.32. The standard InChI is InChI=1S/C18H29NO/c1-15(2)11-17-9-6-10-18(12-17,14-20)19-13-16-7-4-3-5-8-16/h3-5,7-8,15,17,19-20H,6,9-14H2,1-2H3. The van der Waals surface area contributed by atoms with Crippen molar-refractivity contribution in [3.63, 3.8) is 0 Å². The Hall–Kier alpha value is -0.860. The van der Waals surface area contributed by atoms with Crippen molar-refractivity contribution in [3.05, 3.63) is 35.9 Å². The highest BCUT2D eigenvalue weighted by molar-refractivity contribution is 5.15. The van der Waals surface area contributed by atoms with Crippen LogP contribution < -0.4 is 5.32 Å². The summed E-state index contributed by atoms with van der Waals surface area (Å²) in [5, 5.41) is 13.6. The molecule has 112 valence electrons. The van der Waals surface area contributed by atoms with Gasteiger partial charge in [-0.3, -0.25) is 0 Å². The molecule has 2 atom stereocenters. The first-order valence-electron chi connectivity index (χ1n) is 8.03. The Morgan fingerprint density at radius 1 is 1.30 bits per heavy atom. The monoisotopic (exact) mass is 275 g/mol. The first-order chi connectivity index (χ1) is 9.63. The molecule has 0 bridgehead atoms. The average Bonchev–Trinajstić information content (AvgIpc) is 2.46. The average molecular weight is 275 g/mol. The van der Waals surface area contributed by atoms with Gasteiger partial charge in [-0.2, -0.15) is 0 Å². The van der Waals surface area contributed by atoms with Crippen molar-refractivity contribution in [2.45, 2.75) is 58.0 Å². The van der Waals surface area contributed by atoms with Gasteiger partial charge in [-0.15, -0.1) is 0 Å². The van der Waals surface area contributed by atoms with Gasteiger partial charge in [-0.1, -0.05) is 57.0 Å². The minimum absolute atomic E-state index is 0.0619. The van der Waals surface area contributed by atoms with E-state index in [0.717, 1.165) is 31.2 Å². The van der Waals surface area contributed by atoms with E-state index in [1.54, 1.807) is 0 Å². The van der Waals surface area contributed by atoms with E-state index in [1.807, 2.05) is 6.07 Å². The smallest absolute Gasteiger partial charge is 0.0613 e. The first kappa shape index (κ1) is 15.5. The lowest BCUT2D eigenvalue weighted by atomic mass is 9.73. The quantitative estimate of drug-likeness (QED) is 0.829. The van der Waals surface area contributed by atoms with Gasteiger partial charge in [-0.25, -0.2) is 0 Å². The van der Waals surface area contributed by atoms with Gasteiger partial charge >= 0.3 is 0 Å². The van der Waals surface area contributed by atoms with Crippen LogP contribution in [0.2, 0.25) is 0 Å². The molecule has 20 heavy (non-hydrogen) atoms. The molecule has 0 aliphatic heterocycles. The molecule has 0 saturated heterocycles. The van der Waals surface area contributed by atoms with Crippen molar-refractivity contribution < 1.29 is 5.11 Å². The van der Waals surface area contributed by atoms with Gasteiger partial charge in [-0.05, 0) is 36.7 Å². The molecule has 2 N–H and O–H groups in total. The fourth-order valence-corrected chi connectivity index (χ4v) is 3.60. The number of nitrogens with one attached hydrogen (secondary N) is 1. The summed E-state index contributed by atoms with van der Waals surface area (Å²) in [6.45, 7) is 5.71. The topological polar surface area (TPSA) is 32.3 Å². The van der Waals surface area contributed by atoms with Gasteiger partial charge in [0.15, 0.2) is 0 Å². The van der Waals surface area contributed by atoms with E-state index < -0.39 is 0 Å². The van der Waals surface area contributed by atoms with Crippen LogP contribution in [-0.4, -0.2) is 17.3 Å². The van der Waals surface area contributed by atoms with Crippen molar-refractivity contribution in [2.75, 3.05) is 6.61 Å². The maximum atomic E-state index is 9.91. The Kier molecular flexibility index (Phi) is 5.62. The molecule has 0 heterocycles. The Bertz CT molecular complexity index is 390. The molecule has 0 spiro atoms. The van der Waals surface area contributed by atoms with Crippen LogP contribution in [0.3, 0.4) is 0 Å². The number of benzene rings is 1. The fraction of sp³-hybridized carbons (Fsp3) is 0.667. The Labute approximate surface area is 123 Å². The van der Waals surface area contributed by atoms with Crippen LogP contribution in [0, 0.1) is 11.8 Å². The van der Waals surface area contributed by atoms with Crippen LogP contribution in [0.15, 0.2) is 30.3 Å². The molecular formula is C18H29NO. The lowest BCUT2D eigenvalue weighted by molar-refractivity contribution is 0.0873. The summed E-state index contributed by atoms with van der Waals surface area (Å²) in [6, 6.07) is 10.5. The fourth-order valence-electron chi connectivity index (χ4n) is 3.60. The highest BCUT2D eigenvalue weighted by atomic mass is 16.3. The van der Waals surface area contributed by atoms with Gasteiger partial charge in [0.05, 0.1) is 6.61 Å². The number of rotatable bonds is 6. The van der Waals surface area contributed by atoms with Crippen LogP contribution in [-0.2, 0) is 6.54 Å². The number of aliphatic hydroxyl groups is 1. The van der Waals surface area contributed by atoms with E-state index in [-0.39, 0.29) is 12.1 Å². The lowest BCUT2D eigenvalue weighted by Gasteiger charge is -2.41. The molecule has 1 aromatic carbocycles. The Balaban J connectivity index is 1.94. The molecule has 1 aliphatic rings. The second kappa shape index (κ2) is 7.24. The van der Waals surface area contributed by atoms with E-state index in [9.17, 15) is 5.11 Å². The van der Waals surface area contributed by atoms with Crippen molar-refractivity contribution in [1.82, 2.24) is 5.32 Å². The Morgan fingerprint density at radius 2 is 2.05 bits per heavy atom. The van der Waals surface area contributed by atoms with Crippen LogP contribution in [0.1, 0.15) is 51.5 Å². The molecular weight excluding hydrogens is 246 g/mol. The molecule has 2 rings (SSSR count). The van der Waals surface area contributed by atoms with Crippen LogP contribution >= 0.6 is 0 Å². The number of hydrogen-bond donors (Lipinski definition) is 2. The summed E-state index contributed by atoms with van der Waals surface area (Å²) < 4.78 is 0. The van der Waals surface area contributed by atoms with Gasteiger partial charge in [0.25, 0.3) is 0 Å². The SMILES string of the molecule is CC(C)CC1CCCC(CO)(NCc2ccccc2)C1. The third-order valence-electron chi connectivity index (χ3n) is 4.56. The molecule has 2 unspecified atom stereocenters. The molecule has 0 radical (unpaired) electrons. The predicted octanol–water partition coefficient (Wildman–Crippen LogP) is 3.74. The van der Waals surface area contributed by atoms with Crippen LogP contribution in [0.5, 0.6) is 0 Å². The highest BCUT2D eigenvalue weighted by Crippen LogP contribution is 2.35. The number of hydrogen-bond acceptors (Lipinski definition) is 2. The molecule has 2 nitrogen and oxygen atoms in total. The largest absolute Gasteiger partial charge is 0.394 e. The van der Waals surface area contributed by atoms with E-state index in [2.05, 4.69) is 43.4 Å². The predicted molar refractivity (Wildman–Crippen MR) is 84.5 cm³/mol. The molecule has 0 aromatic heterocycles. The van der Waals surface area contributed by atoms with Crippen molar-refractivity contribution in [1.29, 1.82) is 0 Å². The summed E-state index contributed by atoms with van der Waals surface area (Å²) >= 11 is 0. The molecule has 0 amide bonds. The van der Waals surface area contributed by atoms with Crippen molar-refractivity contribution >= 4 is 0 Å². The van der Waals surface area contributed by atoms with Crippen molar-refractivity contribution in [3.8, 4) is 0 Å². The molecule has 1 saturated carbocycles. The minimum Gasteiger partial charge on any atom is -0.394 e. The Morgan fingerprint density at radius 3 is 2.70 bits per heavy atom. The zero-order chi connectivity index (χ0) is 14.4. The molecule has 1 fully saturated rings. The summed E-state index contributed by atoms with van der Waals surface area (Å²) in [4.78, 5) is 0. The number of aliphatic hydroxyl groups excluding tert-OH is 1. The zero-order valence-electron chi connectivity index (χ0n) is 12.9. The zero-order valence-corrected chi connectivity index (χ0v) is 12.9. The van der Waals surface area contributed by atoms with Crippen LogP contribution in [0.4, 0.5) is 0 Å². The van der Waals surface area contributed by atoms with E-state index in [1.165, 1.54) is 24.8 Å². The summed E-state index contributed by atoms with van der Waals surface area (Å²) in [5.74, 6) is 1.52. The minimum atomic E-state index is -0.0619. The van der Waals surface area contributed by atoms with Crippen molar-refractivity contribution in [2.24, 2.45) is 11.8 Å². The highest BCUT2D eigenvalue weighted by Gasteiger charge is 2.35. The molecule has 1 aliphatic carbocycles. The van der Waals surface area contributed by atoms with Gasteiger partial charge in [0.1, 0.15) is 0 Å². The first-order valence-corrected chi connectivity index (χ1v) is 8.03. The van der Waals surface area contributed by atoms with E-state index in [0.29, 0.717) is 0 Å². The lowest BCUT2D eigenvalue weighted by Crippen LogP contribution is -2.51. The second-order valence-corrected chi connectivity index (χ2v) is 6.87. The van der Waals surface area contributed by atoms with Gasteiger partial charge in [0.2, 0.25) is 0 Å². The van der Waals surface area contributed by atoms with Gasteiger partial charge in [0, 0.05) is 12.1 Å². The summed E-state index contributed by atoms with van der Waals surface area (Å²) in [7, 11) is 0. The maximum absolute atomic E-state index is 9.91. The summed E-state index contributed by atoms with van der Waals surface area (Å²) in [6.07, 6.45) is 6.07. The van der Waals surface area contributed by atoms with Gasteiger partial charge < -0.3 is 10.4 Å². The van der Waals surface area contributed by atoms with E-state index >= 15 is 0 Å². The summed E-state index contributed by atoms with van der Waals surface area (Å²) in [5.41, 5.74) is 1.24. The molecule has 1 aromatic rings. The second-order valence-electron chi connectivity index (χ2n) is 6.87.